The highest BCUT2D eigenvalue weighted by molar-refractivity contribution is 5.74. The van der Waals surface area contributed by atoms with E-state index in [1.165, 1.54) is 12.5 Å². The van der Waals surface area contributed by atoms with E-state index >= 15 is 0 Å². The van der Waals surface area contributed by atoms with Gasteiger partial charge in [0, 0.05) is 32.1 Å². The lowest BCUT2D eigenvalue weighted by Gasteiger charge is -2.51. The topological polar surface area (TPSA) is 44.8 Å². The summed E-state index contributed by atoms with van der Waals surface area (Å²) in [4.78, 5) is 12.0. The van der Waals surface area contributed by atoms with Gasteiger partial charge in [0.15, 0.2) is 0 Å². The lowest BCUT2D eigenvalue weighted by Crippen LogP contribution is -2.55. The fourth-order valence-corrected chi connectivity index (χ4v) is 4.05. The Labute approximate surface area is 107 Å². The van der Waals surface area contributed by atoms with E-state index in [1.807, 2.05) is 0 Å². The molecule has 4 heteroatoms. The fraction of sp³-hybridized carbons (Fsp3) is 0.643. The smallest absolute Gasteiger partial charge is 0.309 e. The minimum Gasteiger partial charge on any atom is -0.495 e. The summed E-state index contributed by atoms with van der Waals surface area (Å²) in [5, 5.41) is 0. The molecule has 0 amide bonds. The van der Waals surface area contributed by atoms with Gasteiger partial charge in [-0.1, -0.05) is 13.2 Å². The van der Waals surface area contributed by atoms with Crippen LogP contribution in [0, 0.1) is 5.92 Å². The summed E-state index contributed by atoms with van der Waals surface area (Å²) < 4.78 is 17.0. The van der Waals surface area contributed by atoms with E-state index < -0.39 is 0 Å². The first-order chi connectivity index (χ1) is 8.60. The van der Waals surface area contributed by atoms with E-state index in [1.54, 1.807) is 0 Å². The number of hydrogen-bond acceptors (Lipinski definition) is 4. The predicted octanol–water partition coefficient (Wildman–Crippen LogP) is 2.30. The lowest BCUT2D eigenvalue weighted by molar-refractivity contribution is -0.163. The SMILES string of the molecule is C=COC12CC3CC(OC=C)(CC(C1)C(=O)O3)C2. The van der Waals surface area contributed by atoms with Gasteiger partial charge in [0.25, 0.3) is 0 Å². The van der Waals surface area contributed by atoms with Crippen molar-refractivity contribution in [2.24, 2.45) is 5.92 Å². The first-order valence-corrected chi connectivity index (χ1v) is 6.38. The van der Waals surface area contributed by atoms with Gasteiger partial charge in [-0.2, -0.15) is 0 Å². The summed E-state index contributed by atoms with van der Waals surface area (Å²) in [6.07, 6.45) is 6.50. The van der Waals surface area contributed by atoms with Gasteiger partial charge in [-0.25, -0.2) is 0 Å². The molecule has 0 aromatic rings. The lowest BCUT2D eigenvalue weighted by atomic mass is 9.62. The molecule has 2 saturated heterocycles. The highest BCUT2D eigenvalue weighted by Gasteiger charge is 2.61. The van der Waals surface area contributed by atoms with Crippen LogP contribution in [0.2, 0.25) is 0 Å². The second-order valence-corrected chi connectivity index (χ2v) is 5.68. The molecule has 4 nitrogen and oxygen atoms in total. The molecule has 0 aromatic carbocycles. The molecule has 0 spiro atoms. The maximum Gasteiger partial charge on any atom is 0.309 e. The maximum absolute atomic E-state index is 12.0. The van der Waals surface area contributed by atoms with Gasteiger partial charge in [0.1, 0.15) is 17.3 Å². The van der Waals surface area contributed by atoms with Crippen LogP contribution >= 0.6 is 0 Å². The molecule has 18 heavy (non-hydrogen) atoms. The number of hydrogen-bond donors (Lipinski definition) is 0. The molecule has 4 rings (SSSR count). The number of carbonyl (C=O) groups excluding carboxylic acids is 1. The van der Waals surface area contributed by atoms with Crippen LogP contribution in [0.4, 0.5) is 0 Å². The Morgan fingerprint density at radius 3 is 2.17 bits per heavy atom. The van der Waals surface area contributed by atoms with Crippen LogP contribution < -0.4 is 0 Å². The molecule has 4 bridgehead atoms. The number of fused-ring (bicyclic) bond motifs is 1. The average molecular weight is 250 g/mol. The van der Waals surface area contributed by atoms with Crippen LogP contribution in [-0.4, -0.2) is 23.3 Å². The Bertz CT molecular complexity index is 377. The summed E-state index contributed by atoms with van der Waals surface area (Å²) in [7, 11) is 0. The van der Waals surface area contributed by atoms with Gasteiger partial charge in [-0.15, -0.1) is 0 Å². The normalized spacial score (nSPS) is 45.0. The number of carbonyl (C=O) groups is 1. The van der Waals surface area contributed by atoms with E-state index in [0.29, 0.717) is 12.8 Å². The molecule has 2 aliphatic heterocycles. The Kier molecular flexibility index (Phi) is 2.44. The van der Waals surface area contributed by atoms with Gasteiger partial charge in [-0.3, -0.25) is 4.79 Å². The molecular weight excluding hydrogens is 232 g/mol. The molecule has 2 saturated carbocycles. The fourth-order valence-electron chi connectivity index (χ4n) is 4.05. The molecule has 0 radical (unpaired) electrons. The van der Waals surface area contributed by atoms with Crippen molar-refractivity contribution in [1.29, 1.82) is 0 Å². The van der Waals surface area contributed by atoms with Crippen molar-refractivity contribution in [3.63, 3.8) is 0 Å². The minimum atomic E-state index is -0.358. The Morgan fingerprint density at radius 1 is 1.11 bits per heavy atom. The first kappa shape index (κ1) is 11.6. The van der Waals surface area contributed by atoms with Crippen molar-refractivity contribution in [3.05, 3.63) is 25.7 Å². The molecule has 4 aliphatic rings. The van der Waals surface area contributed by atoms with Gasteiger partial charge >= 0.3 is 5.97 Å². The van der Waals surface area contributed by atoms with Crippen LogP contribution in [-0.2, 0) is 19.0 Å². The van der Waals surface area contributed by atoms with Crippen LogP contribution in [0.15, 0.2) is 25.7 Å². The number of esters is 1. The number of ether oxygens (including phenoxy) is 3. The van der Waals surface area contributed by atoms with E-state index in [9.17, 15) is 4.79 Å². The van der Waals surface area contributed by atoms with E-state index in [0.717, 1.165) is 19.3 Å². The second kappa shape index (κ2) is 3.77. The molecular formula is C14H18O4. The highest BCUT2D eigenvalue weighted by Crippen LogP contribution is 2.54. The van der Waals surface area contributed by atoms with Crippen molar-refractivity contribution < 1.29 is 19.0 Å². The third kappa shape index (κ3) is 1.62. The summed E-state index contributed by atoms with van der Waals surface area (Å²) >= 11 is 0. The standard InChI is InChI=1S/C14H18O4/c1-3-16-13-5-10-6-14(9-13,17-4-2)8-11(7-13)18-12(10)15/h3-4,10-11H,1-2,5-9H2. The van der Waals surface area contributed by atoms with Crippen LogP contribution in [0.1, 0.15) is 32.1 Å². The molecule has 0 aromatic heterocycles. The third-order valence-corrected chi connectivity index (χ3v) is 4.36. The maximum atomic E-state index is 12.0. The Hall–Kier alpha value is -1.45. The van der Waals surface area contributed by atoms with Crippen molar-refractivity contribution in [2.45, 2.75) is 49.4 Å². The first-order valence-electron chi connectivity index (χ1n) is 6.38. The molecule has 2 atom stereocenters. The summed E-state index contributed by atoms with van der Waals surface area (Å²) in [6.45, 7) is 7.29. The molecule has 98 valence electrons. The van der Waals surface area contributed by atoms with E-state index in [2.05, 4.69) is 13.2 Å². The Morgan fingerprint density at radius 2 is 1.67 bits per heavy atom. The quantitative estimate of drug-likeness (QED) is 0.567. The van der Waals surface area contributed by atoms with Crippen molar-refractivity contribution in [1.82, 2.24) is 0 Å². The number of rotatable bonds is 4. The Balaban J connectivity index is 1.99. The largest absolute Gasteiger partial charge is 0.495 e. The molecule has 4 fully saturated rings. The highest BCUT2D eigenvalue weighted by atomic mass is 16.6. The minimum absolute atomic E-state index is 0.108. The predicted molar refractivity (Wildman–Crippen MR) is 64.5 cm³/mol. The van der Waals surface area contributed by atoms with Gasteiger partial charge < -0.3 is 14.2 Å². The van der Waals surface area contributed by atoms with Crippen LogP contribution in [0.3, 0.4) is 0 Å². The second-order valence-electron chi connectivity index (χ2n) is 5.68. The molecule has 0 N–H and O–H groups in total. The van der Waals surface area contributed by atoms with Crippen molar-refractivity contribution in [2.75, 3.05) is 0 Å². The zero-order valence-corrected chi connectivity index (χ0v) is 10.4. The van der Waals surface area contributed by atoms with Gasteiger partial charge in [0.05, 0.1) is 18.4 Å². The summed E-state index contributed by atoms with van der Waals surface area (Å²) in [5.74, 6) is -0.241. The van der Waals surface area contributed by atoms with Gasteiger partial charge in [-0.05, 0) is 0 Å². The van der Waals surface area contributed by atoms with Crippen LogP contribution in [0.5, 0.6) is 0 Å². The van der Waals surface area contributed by atoms with E-state index in [4.69, 9.17) is 14.2 Å². The van der Waals surface area contributed by atoms with Crippen molar-refractivity contribution in [3.8, 4) is 0 Å². The zero-order valence-electron chi connectivity index (χ0n) is 10.4. The van der Waals surface area contributed by atoms with E-state index in [-0.39, 0.29) is 29.2 Å². The monoisotopic (exact) mass is 250 g/mol. The third-order valence-electron chi connectivity index (χ3n) is 4.36. The summed E-state index contributed by atoms with van der Waals surface area (Å²) in [6, 6.07) is 0. The average Bonchev–Trinajstić information content (AvgIpc) is 2.41. The van der Waals surface area contributed by atoms with Crippen molar-refractivity contribution >= 4 is 5.97 Å². The molecule has 2 aliphatic carbocycles. The molecule has 2 heterocycles. The molecule has 2 unspecified atom stereocenters. The summed E-state index contributed by atoms with van der Waals surface area (Å²) in [5.41, 5.74) is -0.717. The zero-order chi connectivity index (χ0) is 12.8. The van der Waals surface area contributed by atoms with Gasteiger partial charge in [0.2, 0.25) is 0 Å². The van der Waals surface area contributed by atoms with Crippen LogP contribution in [0.25, 0.3) is 0 Å².